The average molecular weight is 266 g/mol. The molecule has 1 saturated heterocycles. The molecule has 1 aromatic rings. The minimum atomic E-state index is -0.581. The first-order valence-corrected chi connectivity index (χ1v) is 6.58. The highest BCUT2D eigenvalue weighted by atomic mass is 19.1. The maximum atomic E-state index is 13.3. The molecule has 0 aromatic carbocycles. The molecule has 6 heteroatoms. The first-order chi connectivity index (χ1) is 9.27. The summed E-state index contributed by atoms with van der Waals surface area (Å²) in [5, 5.41) is 6.02. The molecule has 0 saturated carbocycles. The van der Waals surface area contributed by atoms with Gasteiger partial charge in [-0.3, -0.25) is 9.78 Å². The lowest BCUT2D eigenvalue weighted by Gasteiger charge is -2.27. The summed E-state index contributed by atoms with van der Waals surface area (Å²) < 4.78 is 13.3. The van der Waals surface area contributed by atoms with Crippen molar-refractivity contribution < 1.29 is 9.18 Å². The molecular weight excluding hydrogens is 247 g/mol. The van der Waals surface area contributed by atoms with E-state index in [4.69, 9.17) is 0 Å². The summed E-state index contributed by atoms with van der Waals surface area (Å²) in [6.45, 7) is 5.66. The zero-order valence-corrected chi connectivity index (χ0v) is 10.9. The molecule has 1 aliphatic rings. The molecule has 0 aliphatic carbocycles. The SMILES string of the molecule is O=C(NCCCN1CCNCC1)c1ccncc1F. The van der Waals surface area contributed by atoms with Gasteiger partial charge in [-0.25, -0.2) is 4.39 Å². The van der Waals surface area contributed by atoms with Crippen LogP contribution in [-0.2, 0) is 0 Å². The zero-order valence-electron chi connectivity index (χ0n) is 10.9. The Morgan fingerprint density at radius 2 is 2.26 bits per heavy atom. The monoisotopic (exact) mass is 266 g/mol. The van der Waals surface area contributed by atoms with Crippen LogP contribution in [0.5, 0.6) is 0 Å². The fourth-order valence-corrected chi connectivity index (χ4v) is 2.09. The summed E-state index contributed by atoms with van der Waals surface area (Å²) in [5.74, 6) is -0.956. The minimum Gasteiger partial charge on any atom is -0.352 e. The third-order valence-corrected chi connectivity index (χ3v) is 3.16. The zero-order chi connectivity index (χ0) is 13.5. The molecule has 0 radical (unpaired) electrons. The van der Waals surface area contributed by atoms with Crippen LogP contribution in [0.15, 0.2) is 18.5 Å². The molecule has 0 unspecified atom stereocenters. The Labute approximate surface area is 112 Å². The van der Waals surface area contributed by atoms with Crippen molar-refractivity contribution in [3.8, 4) is 0 Å². The molecule has 104 valence electrons. The summed E-state index contributed by atoms with van der Waals surface area (Å²) in [6, 6.07) is 1.39. The Morgan fingerprint density at radius 3 is 3.00 bits per heavy atom. The van der Waals surface area contributed by atoms with Crippen molar-refractivity contribution in [1.82, 2.24) is 20.5 Å². The molecule has 1 fully saturated rings. The fraction of sp³-hybridized carbons (Fsp3) is 0.538. The molecular formula is C13H19FN4O. The Morgan fingerprint density at radius 1 is 1.47 bits per heavy atom. The van der Waals surface area contributed by atoms with E-state index in [2.05, 4.69) is 20.5 Å². The van der Waals surface area contributed by atoms with E-state index in [0.29, 0.717) is 6.54 Å². The van der Waals surface area contributed by atoms with E-state index in [0.717, 1.165) is 45.3 Å². The second kappa shape index (κ2) is 7.16. The van der Waals surface area contributed by atoms with Crippen LogP contribution < -0.4 is 10.6 Å². The highest BCUT2D eigenvalue weighted by molar-refractivity contribution is 5.94. The van der Waals surface area contributed by atoms with Crippen LogP contribution in [0, 0.1) is 5.82 Å². The number of pyridine rings is 1. The predicted octanol–water partition coefficient (Wildman–Crippen LogP) is 0.246. The number of rotatable bonds is 5. The summed E-state index contributed by atoms with van der Waals surface area (Å²) in [6.07, 6.45) is 3.34. The first-order valence-electron chi connectivity index (χ1n) is 6.58. The van der Waals surface area contributed by atoms with Gasteiger partial charge >= 0.3 is 0 Å². The normalized spacial score (nSPS) is 16.3. The quantitative estimate of drug-likeness (QED) is 0.750. The fourth-order valence-electron chi connectivity index (χ4n) is 2.09. The molecule has 0 atom stereocenters. The second-order valence-corrected chi connectivity index (χ2v) is 4.56. The average Bonchev–Trinajstić information content (AvgIpc) is 2.45. The predicted molar refractivity (Wildman–Crippen MR) is 70.5 cm³/mol. The maximum Gasteiger partial charge on any atom is 0.254 e. The van der Waals surface area contributed by atoms with Crippen LogP contribution in [-0.4, -0.2) is 55.1 Å². The van der Waals surface area contributed by atoms with Crippen LogP contribution in [0.3, 0.4) is 0 Å². The van der Waals surface area contributed by atoms with Crippen molar-refractivity contribution >= 4 is 5.91 Å². The number of nitrogens with one attached hydrogen (secondary N) is 2. The number of hydrogen-bond acceptors (Lipinski definition) is 4. The van der Waals surface area contributed by atoms with Gasteiger partial charge in [0.25, 0.3) is 5.91 Å². The van der Waals surface area contributed by atoms with Crippen LogP contribution in [0.4, 0.5) is 4.39 Å². The smallest absolute Gasteiger partial charge is 0.254 e. The van der Waals surface area contributed by atoms with Crippen molar-refractivity contribution in [2.75, 3.05) is 39.3 Å². The van der Waals surface area contributed by atoms with E-state index < -0.39 is 5.82 Å². The topological polar surface area (TPSA) is 57.3 Å². The van der Waals surface area contributed by atoms with Crippen LogP contribution in [0.25, 0.3) is 0 Å². The van der Waals surface area contributed by atoms with Gasteiger partial charge in [0.05, 0.1) is 11.8 Å². The van der Waals surface area contributed by atoms with Gasteiger partial charge in [-0.2, -0.15) is 0 Å². The van der Waals surface area contributed by atoms with E-state index in [9.17, 15) is 9.18 Å². The number of amides is 1. The lowest BCUT2D eigenvalue weighted by Crippen LogP contribution is -2.44. The van der Waals surface area contributed by atoms with Crippen molar-refractivity contribution in [3.63, 3.8) is 0 Å². The Kier molecular flexibility index (Phi) is 5.23. The molecule has 19 heavy (non-hydrogen) atoms. The Bertz CT molecular complexity index is 421. The van der Waals surface area contributed by atoms with E-state index in [1.54, 1.807) is 0 Å². The maximum absolute atomic E-state index is 13.3. The summed E-state index contributed by atoms with van der Waals surface area (Å²) in [7, 11) is 0. The van der Waals surface area contributed by atoms with E-state index in [-0.39, 0.29) is 11.5 Å². The van der Waals surface area contributed by atoms with Gasteiger partial charge in [0.2, 0.25) is 0 Å². The molecule has 1 amide bonds. The van der Waals surface area contributed by atoms with E-state index in [1.165, 1.54) is 12.3 Å². The van der Waals surface area contributed by atoms with Crippen molar-refractivity contribution in [1.29, 1.82) is 0 Å². The number of halogens is 1. The van der Waals surface area contributed by atoms with E-state index >= 15 is 0 Å². The largest absolute Gasteiger partial charge is 0.352 e. The molecule has 0 bridgehead atoms. The third kappa shape index (κ3) is 4.25. The lowest BCUT2D eigenvalue weighted by molar-refractivity contribution is 0.0947. The number of aromatic nitrogens is 1. The molecule has 2 N–H and O–H groups in total. The van der Waals surface area contributed by atoms with Crippen molar-refractivity contribution in [2.24, 2.45) is 0 Å². The molecule has 5 nitrogen and oxygen atoms in total. The minimum absolute atomic E-state index is 0.0529. The third-order valence-electron chi connectivity index (χ3n) is 3.16. The summed E-state index contributed by atoms with van der Waals surface area (Å²) in [4.78, 5) is 17.7. The second-order valence-electron chi connectivity index (χ2n) is 4.56. The van der Waals surface area contributed by atoms with Gasteiger partial charge in [-0.1, -0.05) is 0 Å². The number of piperazine rings is 1. The molecule has 0 spiro atoms. The summed E-state index contributed by atoms with van der Waals surface area (Å²) >= 11 is 0. The number of nitrogens with zero attached hydrogens (tertiary/aromatic N) is 2. The van der Waals surface area contributed by atoms with E-state index in [1.807, 2.05) is 0 Å². The van der Waals surface area contributed by atoms with Crippen LogP contribution >= 0.6 is 0 Å². The number of hydrogen-bond donors (Lipinski definition) is 2. The van der Waals surface area contributed by atoms with Crippen molar-refractivity contribution in [3.05, 3.63) is 29.8 Å². The van der Waals surface area contributed by atoms with Gasteiger partial charge in [-0.15, -0.1) is 0 Å². The van der Waals surface area contributed by atoms with Crippen molar-refractivity contribution in [2.45, 2.75) is 6.42 Å². The molecule has 2 rings (SSSR count). The Hall–Kier alpha value is -1.53. The number of carbonyl (C=O) groups is 1. The standard InChI is InChI=1S/C13H19FN4O/c14-12-10-16-4-2-11(12)13(19)17-3-1-7-18-8-5-15-6-9-18/h2,4,10,15H,1,3,5-9H2,(H,17,19). The van der Waals surface area contributed by atoms with Gasteiger partial charge in [-0.05, 0) is 19.0 Å². The highest BCUT2D eigenvalue weighted by Crippen LogP contribution is 2.03. The molecule has 1 aliphatic heterocycles. The highest BCUT2D eigenvalue weighted by Gasteiger charge is 2.11. The van der Waals surface area contributed by atoms with Crippen LogP contribution in [0.1, 0.15) is 16.8 Å². The lowest BCUT2D eigenvalue weighted by atomic mass is 10.2. The van der Waals surface area contributed by atoms with Gasteiger partial charge in [0.15, 0.2) is 5.82 Å². The Balaban J connectivity index is 1.68. The first kappa shape index (κ1) is 13.9. The van der Waals surface area contributed by atoms with Gasteiger partial charge < -0.3 is 15.5 Å². The molecule has 1 aromatic heterocycles. The van der Waals surface area contributed by atoms with Gasteiger partial charge in [0, 0.05) is 38.9 Å². The number of carbonyl (C=O) groups excluding carboxylic acids is 1. The van der Waals surface area contributed by atoms with Gasteiger partial charge in [0.1, 0.15) is 0 Å². The molecule has 2 heterocycles. The summed E-state index contributed by atoms with van der Waals surface area (Å²) in [5.41, 5.74) is 0.0529. The van der Waals surface area contributed by atoms with Crippen LogP contribution in [0.2, 0.25) is 0 Å².